The fraction of sp³-hybridized carbons (Fsp3) is 0.741. The van der Waals surface area contributed by atoms with Crippen LogP contribution in [0.3, 0.4) is 0 Å². The minimum absolute atomic E-state index is 0.00131. The largest absolute Gasteiger partial charge is 0.462 e. The molecule has 9 heteroatoms. The minimum atomic E-state index is -1.49. The monoisotopic (exact) mass is 502 g/mol. The van der Waals surface area contributed by atoms with E-state index in [9.17, 15) is 24.0 Å². The van der Waals surface area contributed by atoms with Gasteiger partial charge in [0.05, 0.1) is 0 Å². The van der Waals surface area contributed by atoms with Crippen molar-refractivity contribution >= 4 is 29.5 Å². The second-order valence-electron chi connectivity index (χ2n) is 11.6. The molecule has 1 saturated heterocycles. The average Bonchev–Trinajstić information content (AvgIpc) is 3.54. The van der Waals surface area contributed by atoms with Gasteiger partial charge in [-0.15, -0.1) is 0 Å². The second kappa shape index (κ2) is 8.23. The Balaban J connectivity index is 1.58. The van der Waals surface area contributed by atoms with E-state index < -0.39 is 58.9 Å². The maximum absolute atomic E-state index is 13.6. The van der Waals surface area contributed by atoms with Gasteiger partial charge in [0.25, 0.3) is 0 Å². The summed E-state index contributed by atoms with van der Waals surface area (Å²) in [5.41, 5.74) is -1.73. The molecular weight excluding hydrogens is 468 g/mol. The molecule has 5 rings (SSSR count). The van der Waals surface area contributed by atoms with Crippen molar-refractivity contribution in [2.24, 2.45) is 28.6 Å². The van der Waals surface area contributed by atoms with Crippen LogP contribution in [-0.4, -0.2) is 60.0 Å². The molecule has 9 atom stereocenters. The summed E-state index contributed by atoms with van der Waals surface area (Å²) in [7, 11) is 0. The molecule has 0 bridgehead atoms. The minimum Gasteiger partial charge on any atom is -0.462 e. The third kappa shape index (κ3) is 3.41. The van der Waals surface area contributed by atoms with Crippen molar-refractivity contribution in [3.8, 4) is 0 Å². The highest BCUT2D eigenvalue weighted by Gasteiger charge is 2.74. The van der Waals surface area contributed by atoms with Crippen LogP contribution in [0.4, 0.5) is 0 Å². The number of ether oxygens (including phenoxy) is 4. The number of hydrogen-bond acceptors (Lipinski definition) is 9. The summed E-state index contributed by atoms with van der Waals surface area (Å²) < 4.78 is 22.8. The Morgan fingerprint density at radius 3 is 2.42 bits per heavy atom. The third-order valence-electron chi connectivity index (χ3n) is 9.86. The first-order chi connectivity index (χ1) is 16.8. The molecule has 0 N–H and O–H groups in total. The van der Waals surface area contributed by atoms with Crippen LogP contribution in [0, 0.1) is 28.6 Å². The summed E-state index contributed by atoms with van der Waals surface area (Å²) >= 11 is 0. The SMILES string of the molecule is CC(=O)OCC(=O)[C@@]1(OC(C)=O)CC[C@H]2[C@@H]3CCC4=CC(=O)[C@H]5O[C@H]5[C@]4(C)[C@H]3[C@@H](OC(C)=O)C[C@@]21C. The Bertz CT molecular complexity index is 1080. The highest BCUT2D eigenvalue weighted by atomic mass is 16.6. The molecule has 0 radical (unpaired) electrons. The van der Waals surface area contributed by atoms with Crippen molar-refractivity contribution in [2.75, 3.05) is 6.61 Å². The molecule has 0 aromatic heterocycles. The highest BCUT2D eigenvalue weighted by molar-refractivity contribution is 5.98. The predicted octanol–water partition coefficient (Wildman–Crippen LogP) is 2.48. The summed E-state index contributed by atoms with van der Waals surface area (Å²) in [6, 6.07) is 0. The van der Waals surface area contributed by atoms with Crippen LogP contribution >= 0.6 is 0 Å². The van der Waals surface area contributed by atoms with Crippen LogP contribution in [0.2, 0.25) is 0 Å². The number of hydrogen-bond donors (Lipinski definition) is 0. The summed E-state index contributed by atoms with van der Waals surface area (Å²) in [5.74, 6) is -2.08. The second-order valence-corrected chi connectivity index (χ2v) is 11.6. The van der Waals surface area contributed by atoms with Crippen molar-refractivity contribution in [3.63, 3.8) is 0 Å². The van der Waals surface area contributed by atoms with Gasteiger partial charge < -0.3 is 18.9 Å². The number of epoxide rings is 1. The number of Topliss-reactive ketones (excluding diaryl/α,β-unsaturated/α-hetero) is 1. The fourth-order valence-corrected chi connectivity index (χ4v) is 8.53. The van der Waals surface area contributed by atoms with Gasteiger partial charge in [0.2, 0.25) is 5.78 Å². The number of ketones is 2. The predicted molar refractivity (Wildman–Crippen MR) is 123 cm³/mol. The molecule has 0 aromatic rings. The molecule has 3 saturated carbocycles. The summed E-state index contributed by atoms with van der Waals surface area (Å²) in [6.45, 7) is 7.44. The summed E-state index contributed by atoms with van der Waals surface area (Å²) in [4.78, 5) is 62.1. The Kier molecular flexibility index (Phi) is 5.74. The average molecular weight is 503 g/mol. The molecule has 9 nitrogen and oxygen atoms in total. The van der Waals surface area contributed by atoms with Crippen LogP contribution in [0.5, 0.6) is 0 Å². The van der Waals surface area contributed by atoms with E-state index >= 15 is 0 Å². The lowest BCUT2D eigenvalue weighted by atomic mass is 9.45. The van der Waals surface area contributed by atoms with E-state index in [0.717, 1.165) is 18.4 Å². The van der Waals surface area contributed by atoms with Crippen molar-refractivity contribution in [3.05, 3.63) is 11.6 Å². The Morgan fingerprint density at radius 1 is 1.06 bits per heavy atom. The number of carbonyl (C=O) groups excluding carboxylic acids is 5. The number of fused-ring (bicyclic) bond motifs is 7. The van der Waals surface area contributed by atoms with Gasteiger partial charge in [0, 0.05) is 37.5 Å². The lowest BCUT2D eigenvalue weighted by molar-refractivity contribution is -0.208. The summed E-state index contributed by atoms with van der Waals surface area (Å²) in [6.07, 6.45) is 3.23. The van der Waals surface area contributed by atoms with Gasteiger partial charge in [0.1, 0.15) is 18.3 Å². The van der Waals surface area contributed by atoms with Gasteiger partial charge >= 0.3 is 17.9 Å². The van der Waals surface area contributed by atoms with E-state index in [4.69, 9.17) is 18.9 Å². The maximum atomic E-state index is 13.6. The molecule has 0 amide bonds. The zero-order valence-electron chi connectivity index (χ0n) is 21.5. The molecule has 0 unspecified atom stereocenters. The standard InChI is InChI=1S/C27H34O9/c1-13(28)33-12-21(32)27(36-15(3)30)9-8-18-17-7-6-16-10-19(31)23-24(35-23)26(16,5)22(17)20(34-14(2)29)11-25(18,27)4/h10,17-18,20,22-24H,6-9,11-12H2,1-5H3/t17-,18-,20-,22+,23+,24+,25-,26-,27-/m0/s1. The summed E-state index contributed by atoms with van der Waals surface area (Å²) in [5, 5.41) is 0. The van der Waals surface area contributed by atoms with E-state index in [1.165, 1.54) is 20.8 Å². The number of carbonyl (C=O) groups is 5. The molecule has 0 spiro atoms. The van der Waals surface area contributed by atoms with E-state index in [-0.39, 0.29) is 29.6 Å². The van der Waals surface area contributed by atoms with Gasteiger partial charge in [-0.3, -0.25) is 24.0 Å². The Labute approximate surface area is 210 Å². The maximum Gasteiger partial charge on any atom is 0.303 e. The lowest BCUT2D eigenvalue weighted by Crippen LogP contribution is -2.64. The first-order valence-electron chi connectivity index (χ1n) is 12.8. The van der Waals surface area contributed by atoms with Gasteiger partial charge in [0.15, 0.2) is 18.0 Å². The molecule has 1 aliphatic heterocycles. The van der Waals surface area contributed by atoms with E-state index in [1.807, 2.05) is 6.92 Å². The molecular formula is C27H34O9. The molecule has 196 valence electrons. The normalized spacial score (nSPS) is 44.1. The third-order valence-corrected chi connectivity index (χ3v) is 9.86. The van der Waals surface area contributed by atoms with Gasteiger partial charge in [-0.2, -0.15) is 0 Å². The van der Waals surface area contributed by atoms with Crippen molar-refractivity contribution in [1.29, 1.82) is 0 Å². The van der Waals surface area contributed by atoms with Crippen LogP contribution < -0.4 is 0 Å². The Hall–Kier alpha value is -2.55. The van der Waals surface area contributed by atoms with Crippen molar-refractivity contribution < 1.29 is 42.9 Å². The van der Waals surface area contributed by atoms with E-state index in [1.54, 1.807) is 6.08 Å². The van der Waals surface area contributed by atoms with Crippen LogP contribution in [0.25, 0.3) is 0 Å². The van der Waals surface area contributed by atoms with Crippen LogP contribution in [0.1, 0.15) is 66.7 Å². The molecule has 0 aromatic carbocycles. The van der Waals surface area contributed by atoms with Gasteiger partial charge in [-0.25, -0.2) is 0 Å². The van der Waals surface area contributed by atoms with Gasteiger partial charge in [-0.05, 0) is 50.0 Å². The zero-order chi connectivity index (χ0) is 26.2. The van der Waals surface area contributed by atoms with Gasteiger partial charge in [-0.1, -0.05) is 19.4 Å². The van der Waals surface area contributed by atoms with Crippen molar-refractivity contribution in [2.45, 2.75) is 90.6 Å². The smallest absolute Gasteiger partial charge is 0.303 e. The zero-order valence-corrected chi connectivity index (χ0v) is 21.5. The molecule has 4 aliphatic carbocycles. The molecule has 36 heavy (non-hydrogen) atoms. The Morgan fingerprint density at radius 2 is 1.78 bits per heavy atom. The van der Waals surface area contributed by atoms with E-state index in [0.29, 0.717) is 19.3 Å². The number of rotatable bonds is 5. The molecule has 4 fully saturated rings. The quantitative estimate of drug-likeness (QED) is 0.317. The van der Waals surface area contributed by atoms with Crippen LogP contribution in [-0.2, 0) is 42.9 Å². The molecule has 5 aliphatic rings. The first-order valence-corrected chi connectivity index (χ1v) is 12.8. The number of esters is 3. The topological polar surface area (TPSA) is 126 Å². The van der Waals surface area contributed by atoms with Crippen molar-refractivity contribution in [1.82, 2.24) is 0 Å². The van der Waals surface area contributed by atoms with E-state index in [2.05, 4.69) is 6.92 Å². The fourth-order valence-electron chi connectivity index (χ4n) is 8.53. The highest BCUT2D eigenvalue weighted by Crippen LogP contribution is 2.70. The lowest BCUT2D eigenvalue weighted by Gasteiger charge is -2.60. The first kappa shape index (κ1) is 25.1. The molecule has 1 heterocycles. The van der Waals surface area contributed by atoms with Crippen LogP contribution in [0.15, 0.2) is 11.6 Å².